The normalized spacial score (nSPS) is 19.4. The number of rotatable bonds is 4. The number of benzene rings is 3. The first kappa shape index (κ1) is 21.7. The summed E-state index contributed by atoms with van der Waals surface area (Å²) in [5.74, 6) is -0.0858. The molecule has 0 N–H and O–H groups in total. The van der Waals surface area contributed by atoms with Crippen LogP contribution in [0.25, 0.3) is 0 Å². The van der Waals surface area contributed by atoms with Crippen LogP contribution in [0.1, 0.15) is 37.0 Å². The Morgan fingerprint density at radius 3 is 2.42 bits per heavy atom. The first-order valence-corrected chi connectivity index (χ1v) is 12.0. The Hall–Kier alpha value is -3.09. The second-order valence-electron chi connectivity index (χ2n) is 7.96. The van der Waals surface area contributed by atoms with Crippen LogP contribution in [-0.4, -0.2) is 16.5 Å². The second kappa shape index (κ2) is 8.36. The summed E-state index contributed by atoms with van der Waals surface area (Å²) in [5.41, 5.74) is 5.71. The molecule has 0 aromatic heterocycles. The molecule has 5 nitrogen and oxygen atoms in total. The monoisotopic (exact) mass is 474 g/mol. The Morgan fingerprint density at radius 2 is 1.70 bits per heavy atom. The van der Waals surface area contributed by atoms with E-state index < -0.39 is 4.99 Å². The van der Waals surface area contributed by atoms with E-state index in [1.807, 2.05) is 77.6 Å². The number of nitrogens with zero attached hydrogens (tertiary/aromatic N) is 4. The van der Waals surface area contributed by atoms with Gasteiger partial charge in [-0.1, -0.05) is 67.1 Å². The van der Waals surface area contributed by atoms with Gasteiger partial charge in [0.2, 0.25) is 4.99 Å². The van der Waals surface area contributed by atoms with E-state index in [1.54, 1.807) is 6.92 Å². The van der Waals surface area contributed by atoms with Gasteiger partial charge in [0.1, 0.15) is 0 Å². The summed E-state index contributed by atoms with van der Waals surface area (Å²) in [4.78, 5) is 11.7. The van der Waals surface area contributed by atoms with Gasteiger partial charge in [0.15, 0.2) is 10.8 Å². The maximum atomic E-state index is 12.6. The topological polar surface area (TPSA) is 48.3 Å². The maximum Gasteiger partial charge on any atom is 0.234 e. The van der Waals surface area contributed by atoms with Crippen molar-refractivity contribution in [1.29, 1.82) is 0 Å². The summed E-state index contributed by atoms with van der Waals surface area (Å²) in [6, 6.07) is 24.0. The molecule has 2 aliphatic heterocycles. The minimum absolute atomic E-state index is 0.0858. The van der Waals surface area contributed by atoms with Gasteiger partial charge < -0.3 is 0 Å². The third kappa shape index (κ3) is 3.36. The Morgan fingerprint density at radius 1 is 0.970 bits per heavy atom. The van der Waals surface area contributed by atoms with Crippen LogP contribution < -0.4 is 10.0 Å². The van der Waals surface area contributed by atoms with E-state index in [2.05, 4.69) is 19.1 Å². The number of para-hydroxylation sites is 1. The molecule has 166 valence electrons. The van der Waals surface area contributed by atoms with Crippen molar-refractivity contribution in [2.75, 3.05) is 10.0 Å². The number of anilines is 2. The predicted octanol–water partition coefficient (Wildman–Crippen LogP) is 6.55. The number of hydrogen-bond donors (Lipinski definition) is 0. The number of fused-ring (bicyclic) bond motifs is 2. The summed E-state index contributed by atoms with van der Waals surface area (Å²) >= 11 is 7.95. The van der Waals surface area contributed by atoms with Crippen LogP contribution in [0.4, 0.5) is 11.4 Å². The molecule has 3 aromatic rings. The van der Waals surface area contributed by atoms with Gasteiger partial charge in [0.05, 0.1) is 17.1 Å². The van der Waals surface area contributed by atoms with Gasteiger partial charge in [-0.3, -0.25) is 4.79 Å². The van der Waals surface area contributed by atoms with Gasteiger partial charge >= 0.3 is 0 Å². The molecule has 3 aromatic carbocycles. The molecule has 5 rings (SSSR count). The number of hydrogen-bond acceptors (Lipinski definition) is 6. The predicted molar refractivity (Wildman–Crippen MR) is 138 cm³/mol. The third-order valence-corrected chi connectivity index (χ3v) is 7.74. The smallest absolute Gasteiger partial charge is 0.234 e. The molecule has 0 saturated heterocycles. The minimum atomic E-state index is -0.924. The van der Waals surface area contributed by atoms with Crippen molar-refractivity contribution in [2.45, 2.75) is 32.2 Å². The fourth-order valence-corrected chi connectivity index (χ4v) is 5.73. The van der Waals surface area contributed by atoms with Crippen LogP contribution in [0.5, 0.6) is 0 Å². The van der Waals surface area contributed by atoms with E-state index >= 15 is 0 Å². The largest absolute Gasteiger partial charge is 0.292 e. The van der Waals surface area contributed by atoms with E-state index in [0.29, 0.717) is 10.1 Å². The zero-order valence-electron chi connectivity index (χ0n) is 18.6. The van der Waals surface area contributed by atoms with Crippen molar-refractivity contribution >= 4 is 51.3 Å². The van der Waals surface area contributed by atoms with Gasteiger partial charge in [-0.15, -0.1) is 0 Å². The van der Waals surface area contributed by atoms with E-state index in [-0.39, 0.29) is 5.78 Å². The molecule has 7 heteroatoms. The SMILES string of the molecule is CCC1=NN(c2ccccc2)C2(SC(C(C)=O)=NN2c2cccc(Cl)c2C)c2ccccc21. The van der Waals surface area contributed by atoms with Crippen molar-refractivity contribution in [2.24, 2.45) is 10.2 Å². The lowest BCUT2D eigenvalue weighted by atomic mass is 9.96. The number of carbonyl (C=O) groups excluding carboxylic acids is 1. The molecule has 0 saturated carbocycles. The second-order valence-corrected chi connectivity index (χ2v) is 9.53. The first-order valence-electron chi connectivity index (χ1n) is 10.8. The molecule has 0 radical (unpaired) electrons. The summed E-state index contributed by atoms with van der Waals surface area (Å²) in [6.45, 7) is 5.63. The Balaban J connectivity index is 1.85. The highest BCUT2D eigenvalue weighted by molar-refractivity contribution is 8.17. The minimum Gasteiger partial charge on any atom is -0.292 e. The van der Waals surface area contributed by atoms with Crippen molar-refractivity contribution in [1.82, 2.24) is 0 Å². The van der Waals surface area contributed by atoms with Gasteiger partial charge in [-0.05, 0) is 54.9 Å². The fraction of sp³-hybridized carbons (Fsp3) is 0.192. The van der Waals surface area contributed by atoms with Crippen molar-refractivity contribution in [3.63, 3.8) is 0 Å². The Kier molecular flexibility index (Phi) is 5.51. The average Bonchev–Trinajstić information content (AvgIpc) is 3.23. The number of Topliss-reactive ketones (excluding diaryl/α,β-unsaturated/α-hetero) is 1. The van der Waals surface area contributed by atoms with Crippen molar-refractivity contribution in [3.8, 4) is 0 Å². The van der Waals surface area contributed by atoms with Crippen LogP contribution in [0.3, 0.4) is 0 Å². The van der Waals surface area contributed by atoms with Crippen molar-refractivity contribution in [3.05, 3.63) is 94.5 Å². The first-order chi connectivity index (χ1) is 16.0. The van der Waals surface area contributed by atoms with Crippen LogP contribution in [0, 0.1) is 6.92 Å². The molecular formula is C26H23ClN4OS. The van der Waals surface area contributed by atoms with Crippen LogP contribution in [0.2, 0.25) is 5.02 Å². The quantitative estimate of drug-likeness (QED) is 0.430. The molecule has 2 aliphatic rings. The lowest BCUT2D eigenvalue weighted by Crippen LogP contribution is -2.54. The maximum absolute atomic E-state index is 12.6. The van der Waals surface area contributed by atoms with Crippen LogP contribution in [-0.2, 0) is 9.79 Å². The van der Waals surface area contributed by atoms with Crippen LogP contribution >= 0.6 is 23.4 Å². The van der Waals surface area contributed by atoms with E-state index in [0.717, 1.165) is 40.2 Å². The summed E-state index contributed by atoms with van der Waals surface area (Å²) in [7, 11) is 0. The number of ketones is 1. The fourth-order valence-electron chi connectivity index (χ4n) is 4.28. The Labute approximate surface area is 202 Å². The number of carbonyl (C=O) groups is 1. The summed E-state index contributed by atoms with van der Waals surface area (Å²) < 4.78 is 0. The zero-order chi connectivity index (χ0) is 23.2. The van der Waals surface area contributed by atoms with E-state index in [1.165, 1.54) is 11.8 Å². The van der Waals surface area contributed by atoms with Crippen molar-refractivity contribution < 1.29 is 4.79 Å². The molecular weight excluding hydrogens is 452 g/mol. The van der Waals surface area contributed by atoms with Gasteiger partial charge in [0.25, 0.3) is 0 Å². The molecule has 33 heavy (non-hydrogen) atoms. The number of halogens is 1. The van der Waals surface area contributed by atoms with Gasteiger partial charge in [-0.25, -0.2) is 10.0 Å². The summed E-state index contributed by atoms with van der Waals surface area (Å²) in [5, 5.41) is 15.0. The highest BCUT2D eigenvalue weighted by Crippen LogP contribution is 2.55. The number of thioether (sulfide) groups is 1. The summed E-state index contributed by atoms with van der Waals surface area (Å²) in [6.07, 6.45) is 0.776. The number of hydrazone groups is 2. The molecule has 1 spiro atoms. The third-order valence-electron chi connectivity index (χ3n) is 5.92. The molecule has 2 heterocycles. The molecule has 0 bridgehead atoms. The van der Waals surface area contributed by atoms with E-state index in [4.69, 9.17) is 21.8 Å². The van der Waals surface area contributed by atoms with Gasteiger partial charge in [-0.2, -0.15) is 10.2 Å². The molecule has 0 amide bonds. The molecule has 1 unspecified atom stereocenters. The lowest BCUT2D eigenvalue weighted by molar-refractivity contribution is -0.110. The Bertz CT molecular complexity index is 1310. The lowest BCUT2D eigenvalue weighted by Gasteiger charge is -2.47. The molecule has 0 aliphatic carbocycles. The molecule has 1 atom stereocenters. The average molecular weight is 475 g/mol. The highest BCUT2D eigenvalue weighted by atomic mass is 35.5. The van der Waals surface area contributed by atoms with E-state index in [9.17, 15) is 4.79 Å². The van der Waals surface area contributed by atoms with Gasteiger partial charge in [0, 0.05) is 23.1 Å². The zero-order valence-corrected chi connectivity index (χ0v) is 20.2. The highest BCUT2D eigenvalue weighted by Gasteiger charge is 2.55. The van der Waals surface area contributed by atoms with Crippen LogP contribution in [0.15, 0.2) is 83.0 Å². The standard InChI is InChI=1S/C26H23ClN4OS/c1-4-23-20-13-8-9-14-21(20)26(30(28-23)19-11-6-5-7-12-19)31(29-25(33-26)18(3)32)24-16-10-15-22(27)17(24)2/h5-16H,4H2,1-3H3. The molecule has 0 fully saturated rings.